The van der Waals surface area contributed by atoms with Crippen LogP contribution < -0.4 is 9.47 Å². The third-order valence-electron chi connectivity index (χ3n) is 3.25. The van der Waals surface area contributed by atoms with Crippen LogP contribution in [-0.2, 0) is 0 Å². The van der Waals surface area contributed by atoms with E-state index in [9.17, 15) is 0 Å². The van der Waals surface area contributed by atoms with Gasteiger partial charge in [0.15, 0.2) is 0 Å². The SMILES string of the molecule is COc1ccc(C(Br)c2ccccc2C)c(OC)c1Cl. The summed E-state index contributed by atoms with van der Waals surface area (Å²) in [5, 5.41) is 0.491. The summed E-state index contributed by atoms with van der Waals surface area (Å²) in [5.41, 5.74) is 3.38. The van der Waals surface area contributed by atoms with E-state index < -0.39 is 0 Å². The maximum atomic E-state index is 6.31. The molecule has 2 nitrogen and oxygen atoms in total. The van der Waals surface area contributed by atoms with E-state index in [1.54, 1.807) is 14.2 Å². The lowest BCUT2D eigenvalue weighted by Crippen LogP contribution is -2.00. The molecule has 0 aliphatic heterocycles. The zero-order valence-corrected chi connectivity index (χ0v) is 14.0. The molecule has 106 valence electrons. The van der Waals surface area contributed by atoms with Crippen molar-refractivity contribution in [1.82, 2.24) is 0 Å². The molecule has 0 amide bonds. The number of methoxy groups -OCH3 is 2. The minimum absolute atomic E-state index is 0.0158. The number of halogens is 2. The number of hydrogen-bond donors (Lipinski definition) is 0. The summed E-state index contributed by atoms with van der Waals surface area (Å²) >= 11 is 10.1. The van der Waals surface area contributed by atoms with Gasteiger partial charge in [0, 0.05) is 5.56 Å². The van der Waals surface area contributed by atoms with Crippen molar-refractivity contribution in [2.75, 3.05) is 14.2 Å². The van der Waals surface area contributed by atoms with Crippen molar-refractivity contribution in [1.29, 1.82) is 0 Å². The number of alkyl halides is 1. The second kappa shape index (κ2) is 6.51. The van der Waals surface area contributed by atoms with Gasteiger partial charge in [0.1, 0.15) is 16.5 Å². The quantitative estimate of drug-likeness (QED) is 0.706. The molecule has 4 heteroatoms. The molecule has 2 aromatic carbocycles. The van der Waals surface area contributed by atoms with Crippen molar-refractivity contribution < 1.29 is 9.47 Å². The minimum Gasteiger partial charge on any atom is -0.495 e. The van der Waals surface area contributed by atoms with Crippen LogP contribution in [0.1, 0.15) is 21.5 Å². The lowest BCUT2D eigenvalue weighted by Gasteiger charge is -2.18. The standard InChI is InChI=1S/C16H16BrClO2/c1-10-6-4-5-7-11(10)14(17)12-8-9-13(19-2)15(18)16(12)20-3/h4-9,14H,1-3H3. The highest BCUT2D eigenvalue weighted by molar-refractivity contribution is 9.09. The fourth-order valence-electron chi connectivity index (χ4n) is 2.16. The smallest absolute Gasteiger partial charge is 0.145 e. The van der Waals surface area contributed by atoms with Crippen LogP contribution in [0.25, 0.3) is 0 Å². The molecule has 0 aromatic heterocycles. The van der Waals surface area contributed by atoms with Gasteiger partial charge in [-0.25, -0.2) is 0 Å². The van der Waals surface area contributed by atoms with E-state index in [4.69, 9.17) is 21.1 Å². The first kappa shape index (κ1) is 15.2. The third kappa shape index (κ3) is 2.79. The molecule has 0 saturated heterocycles. The van der Waals surface area contributed by atoms with Crippen molar-refractivity contribution in [2.24, 2.45) is 0 Å². The van der Waals surface area contributed by atoms with Gasteiger partial charge in [-0.2, -0.15) is 0 Å². The molecule has 0 heterocycles. The summed E-state index contributed by atoms with van der Waals surface area (Å²) in [6.45, 7) is 2.08. The Hall–Kier alpha value is -1.19. The normalized spacial score (nSPS) is 12.1. The number of aryl methyl sites for hydroxylation is 1. The Bertz CT molecular complexity index is 613. The Labute approximate surface area is 132 Å². The molecule has 2 rings (SSSR count). The molecule has 20 heavy (non-hydrogen) atoms. The summed E-state index contributed by atoms with van der Waals surface area (Å²) in [6, 6.07) is 12.0. The molecule has 0 bridgehead atoms. The highest BCUT2D eigenvalue weighted by atomic mass is 79.9. The first-order chi connectivity index (χ1) is 9.60. The van der Waals surface area contributed by atoms with Gasteiger partial charge in [0.2, 0.25) is 0 Å². The van der Waals surface area contributed by atoms with Crippen LogP contribution in [0.2, 0.25) is 5.02 Å². The Morgan fingerprint density at radius 1 is 1.00 bits per heavy atom. The fourth-order valence-corrected chi connectivity index (χ4v) is 3.36. The van der Waals surface area contributed by atoms with E-state index in [1.165, 1.54) is 11.1 Å². The van der Waals surface area contributed by atoms with E-state index in [2.05, 4.69) is 35.0 Å². The molecule has 1 atom stereocenters. The summed E-state index contributed by atoms with van der Waals surface area (Å²) in [5.74, 6) is 1.24. The summed E-state index contributed by atoms with van der Waals surface area (Å²) < 4.78 is 10.7. The number of rotatable bonds is 4. The Morgan fingerprint density at radius 2 is 1.70 bits per heavy atom. The molecule has 0 aliphatic rings. The second-order valence-corrected chi connectivity index (χ2v) is 5.72. The molecule has 0 radical (unpaired) electrons. The number of benzene rings is 2. The van der Waals surface area contributed by atoms with Crippen LogP contribution in [0.5, 0.6) is 11.5 Å². The van der Waals surface area contributed by atoms with Crippen molar-refractivity contribution in [3.8, 4) is 11.5 Å². The van der Waals surface area contributed by atoms with E-state index in [0.29, 0.717) is 16.5 Å². The monoisotopic (exact) mass is 354 g/mol. The number of hydrogen-bond acceptors (Lipinski definition) is 2. The van der Waals surface area contributed by atoms with Crippen LogP contribution in [0.4, 0.5) is 0 Å². The molecule has 1 unspecified atom stereocenters. The molecule has 0 N–H and O–H groups in total. The fraction of sp³-hybridized carbons (Fsp3) is 0.250. The Kier molecular flexibility index (Phi) is 4.95. The summed E-state index contributed by atoms with van der Waals surface area (Å²) in [4.78, 5) is 0.0158. The van der Waals surface area contributed by atoms with Crippen molar-refractivity contribution >= 4 is 27.5 Å². The highest BCUT2D eigenvalue weighted by Crippen LogP contribution is 2.44. The average Bonchev–Trinajstić information content (AvgIpc) is 2.46. The van der Waals surface area contributed by atoms with Crippen LogP contribution in [0.3, 0.4) is 0 Å². The van der Waals surface area contributed by atoms with Gasteiger partial charge < -0.3 is 9.47 Å². The zero-order chi connectivity index (χ0) is 14.7. The van der Waals surface area contributed by atoms with Crippen LogP contribution in [-0.4, -0.2) is 14.2 Å². The Balaban J connectivity index is 2.53. The maximum absolute atomic E-state index is 6.31. The lowest BCUT2D eigenvalue weighted by molar-refractivity contribution is 0.392. The molecule has 0 spiro atoms. The second-order valence-electron chi connectivity index (χ2n) is 4.42. The van der Waals surface area contributed by atoms with E-state index in [1.807, 2.05) is 24.3 Å². The maximum Gasteiger partial charge on any atom is 0.145 e. The van der Waals surface area contributed by atoms with Gasteiger partial charge in [0.25, 0.3) is 0 Å². The van der Waals surface area contributed by atoms with Crippen LogP contribution >= 0.6 is 27.5 Å². The van der Waals surface area contributed by atoms with Gasteiger partial charge in [-0.3, -0.25) is 0 Å². The Morgan fingerprint density at radius 3 is 2.30 bits per heavy atom. The molecule has 0 aliphatic carbocycles. The third-order valence-corrected chi connectivity index (χ3v) is 4.60. The largest absolute Gasteiger partial charge is 0.495 e. The molecule has 0 saturated carbocycles. The van der Waals surface area contributed by atoms with Gasteiger partial charge in [-0.15, -0.1) is 0 Å². The van der Waals surface area contributed by atoms with Crippen LogP contribution in [0, 0.1) is 6.92 Å². The van der Waals surface area contributed by atoms with Crippen molar-refractivity contribution in [3.63, 3.8) is 0 Å². The van der Waals surface area contributed by atoms with Gasteiger partial charge >= 0.3 is 0 Å². The van der Waals surface area contributed by atoms with E-state index in [-0.39, 0.29) is 4.83 Å². The van der Waals surface area contributed by atoms with E-state index >= 15 is 0 Å². The first-order valence-corrected chi connectivity index (χ1v) is 7.49. The highest BCUT2D eigenvalue weighted by Gasteiger charge is 2.21. The molecule has 2 aromatic rings. The van der Waals surface area contributed by atoms with Crippen molar-refractivity contribution in [2.45, 2.75) is 11.8 Å². The van der Waals surface area contributed by atoms with Gasteiger partial charge in [0.05, 0.1) is 19.0 Å². The first-order valence-electron chi connectivity index (χ1n) is 6.20. The van der Waals surface area contributed by atoms with Gasteiger partial charge in [-0.1, -0.05) is 57.9 Å². The van der Waals surface area contributed by atoms with Crippen molar-refractivity contribution in [3.05, 3.63) is 58.1 Å². The summed E-state index contributed by atoms with van der Waals surface area (Å²) in [7, 11) is 3.20. The summed E-state index contributed by atoms with van der Waals surface area (Å²) in [6.07, 6.45) is 0. The predicted molar refractivity (Wildman–Crippen MR) is 86.5 cm³/mol. The zero-order valence-electron chi connectivity index (χ0n) is 11.6. The predicted octanol–water partition coefficient (Wildman–Crippen LogP) is 5.15. The van der Waals surface area contributed by atoms with Crippen LogP contribution in [0.15, 0.2) is 36.4 Å². The molecular formula is C16H16BrClO2. The average molecular weight is 356 g/mol. The minimum atomic E-state index is 0.0158. The molecule has 0 fully saturated rings. The van der Waals surface area contributed by atoms with E-state index in [0.717, 1.165) is 5.56 Å². The lowest BCUT2D eigenvalue weighted by atomic mass is 9.99. The topological polar surface area (TPSA) is 18.5 Å². The number of ether oxygens (including phenoxy) is 2. The molecular weight excluding hydrogens is 340 g/mol. The van der Waals surface area contributed by atoms with Gasteiger partial charge in [-0.05, 0) is 24.1 Å².